The van der Waals surface area contributed by atoms with Gasteiger partial charge in [0, 0.05) is 12.1 Å². The van der Waals surface area contributed by atoms with Gasteiger partial charge in [0.25, 0.3) is 0 Å². The molecule has 24 heavy (non-hydrogen) atoms. The Kier molecular flexibility index (Phi) is 6.93. The number of halogens is 1. The molecule has 1 aromatic carbocycles. The number of nitrogens with one attached hydrogen (secondary N) is 1. The number of carbonyl (C=O) groups is 1. The third-order valence-corrected chi connectivity index (χ3v) is 5.38. The summed E-state index contributed by atoms with van der Waals surface area (Å²) < 4.78 is 5.71. The minimum Gasteiger partial charge on any atom is -0.493 e. The van der Waals surface area contributed by atoms with E-state index in [2.05, 4.69) is 5.32 Å². The maximum absolute atomic E-state index is 12.5. The summed E-state index contributed by atoms with van der Waals surface area (Å²) in [5.41, 5.74) is 6.16. The predicted molar refractivity (Wildman–Crippen MR) is 98.3 cm³/mol. The van der Waals surface area contributed by atoms with Gasteiger partial charge in [0.05, 0.1) is 12.5 Å². The van der Waals surface area contributed by atoms with Crippen molar-refractivity contribution in [3.8, 4) is 5.75 Å². The number of amides is 1. The van der Waals surface area contributed by atoms with E-state index in [1.165, 1.54) is 19.3 Å². The van der Waals surface area contributed by atoms with Crippen LogP contribution in [0.1, 0.15) is 39.0 Å². The minimum atomic E-state index is -0.147. The van der Waals surface area contributed by atoms with E-state index in [0.717, 1.165) is 18.6 Å². The van der Waals surface area contributed by atoms with Crippen LogP contribution in [0.5, 0.6) is 5.75 Å². The van der Waals surface area contributed by atoms with Crippen molar-refractivity contribution in [2.75, 3.05) is 6.61 Å². The van der Waals surface area contributed by atoms with Crippen molar-refractivity contribution >= 4 is 18.3 Å². The monoisotopic (exact) mass is 352 g/mol. The van der Waals surface area contributed by atoms with Gasteiger partial charge in [0.2, 0.25) is 5.91 Å². The summed E-state index contributed by atoms with van der Waals surface area (Å²) in [5, 5.41) is 3.30. The number of nitrogens with two attached hydrogens (primary N) is 1. The van der Waals surface area contributed by atoms with E-state index in [0.29, 0.717) is 30.5 Å². The van der Waals surface area contributed by atoms with Crippen LogP contribution in [0.2, 0.25) is 0 Å². The highest BCUT2D eigenvalue weighted by Gasteiger charge is 2.40. The van der Waals surface area contributed by atoms with Crippen molar-refractivity contribution in [1.82, 2.24) is 5.32 Å². The van der Waals surface area contributed by atoms with Crippen LogP contribution in [0.4, 0.5) is 0 Å². The molecule has 2 saturated carbocycles. The van der Waals surface area contributed by atoms with Crippen molar-refractivity contribution in [2.45, 2.75) is 51.1 Å². The highest BCUT2D eigenvalue weighted by Crippen LogP contribution is 2.39. The van der Waals surface area contributed by atoms with E-state index in [4.69, 9.17) is 10.5 Å². The number of para-hydroxylation sites is 1. The average Bonchev–Trinajstić information content (AvgIpc) is 2.54. The maximum atomic E-state index is 12.5. The fourth-order valence-electron chi connectivity index (χ4n) is 4.14. The zero-order valence-electron chi connectivity index (χ0n) is 14.3. The van der Waals surface area contributed by atoms with Gasteiger partial charge in [-0.2, -0.15) is 0 Å². The third kappa shape index (κ3) is 4.64. The summed E-state index contributed by atoms with van der Waals surface area (Å²) in [4.78, 5) is 12.5. The molecule has 4 nitrogen and oxygen atoms in total. The van der Waals surface area contributed by atoms with Crippen LogP contribution in [0, 0.1) is 17.8 Å². The van der Waals surface area contributed by atoms with Crippen LogP contribution in [-0.4, -0.2) is 24.6 Å². The molecular weight excluding hydrogens is 324 g/mol. The molecule has 3 N–H and O–H groups in total. The number of fused-ring (bicyclic) bond motifs is 2. The Bertz CT molecular complexity index is 511. The second-order valence-corrected chi connectivity index (χ2v) is 7.24. The first-order valence-electron chi connectivity index (χ1n) is 8.87. The second kappa shape index (κ2) is 8.72. The molecule has 1 aromatic rings. The molecule has 0 radical (unpaired) electrons. The Balaban J connectivity index is 0.00000208. The summed E-state index contributed by atoms with van der Waals surface area (Å²) in [5.74, 6) is 1.89. The van der Waals surface area contributed by atoms with Gasteiger partial charge in [-0.1, -0.05) is 31.5 Å². The van der Waals surface area contributed by atoms with Gasteiger partial charge in [-0.15, -0.1) is 12.4 Å². The molecule has 2 aliphatic rings. The van der Waals surface area contributed by atoms with Crippen LogP contribution in [0.3, 0.4) is 0 Å². The molecule has 2 aliphatic carbocycles. The number of ether oxygens (including phenoxy) is 1. The molecule has 2 fully saturated rings. The standard InChI is InChI=1S/C19H28N2O2.ClH/c1-13(12-23-17-8-3-2-4-9-17)19(22)21-18-14-6-5-7-15(18)11-16(20)10-14;/h2-4,8-9,13-16,18H,5-7,10-12,20H2,1H3,(H,21,22);1H. The molecule has 0 spiro atoms. The fraction of sp³-hybridized carbons (Fsp3) is 0.632. The molecule has 0 aromatic heterocycles. The minimum absolute atomic E-state index is 0. The van der Waals surface area contributed by atoms with Gasteiger partial charge >= 0.3 is 0 Å². The van der Waals surface area contributed by atoms with Gasteiger partial charge in [0.15, 0.2) is 0 Å². The summed E-state index contributed by atoms with van der Waals surface area (Å²) in [6.07, 6.45) is 5.78. The van der Waals surface area contributed by atoms with Gasteiger partial charge in [-0.3, -0.25) is 4.79 Å². The Morgan fingerprint density at radius 1 is 1.25 bits per heavy atom. The van der Waals surface area contributed by atoms with E-state index in [1.54, 1.807) is 0 Å². The summed E-state index contributed by atoms with van der Waals surface area (Å²) in [6, 6.07) is 10.3. The summed E-state index contributed by atoms with van der Waals surface area (Å²) in [7, 11) is 0. The van der Waals surface area contributed by atoms with Crippen LogP contribution in [-0.2, 0) is 4.79 Å². The lowest BCUT2D eigenvalue weighted by Gasteiger charge is -2.45. The lowest BCUT2D eigenvalue weighted by Crippen LogP contribution is -2.54. The Hall–Kier alpha value is -1.26. The smallest absolute Gasteiger partial charge is 0.226 e. The van der Waals surface area contributed by atoms with Gasteiger partial charge in [-0.25, -0.2) is 0 Å². The molecule has 134 valence electrons. The number of carbonyl (C=O) groups excluding carboxylic acids is 1. The average molecular weight is 353 g/mol. The first-order valence-corrected chi connectivity index (χ1v) is 8.87. The van der Waals surface area contributed by atoms with Crippen molar-refractivity contribution in [3.05, 3.63) is 30.3 Å². The molecule has 5 heteroatoms. The number of hydrogen-bond donors (Lipinski definition) is 2. The quantitative estimate of drug-likeness (QED) is 0.855. The molecule has 0 heterocycles. The maximum Gasteiger partial charge on any atom is 0.226 e. The number of rotatable bonds is 5. The highest BCUT2D eigenvalue weighted by molar-refractivity contribution is 5.85. The Morgan fingerprint density at radius 2 is 1.88 bits per heavy atom. The Morgan fingerprint density at radius 3 is 2.50 bits per heavy atom. The molecule has 0 saturated heterocycles. The highest BCUT2D eigenvalue weighted by atomic mass is 35.5. The molecule has 1 amide bonds. The molecule has 3 rings (SSSR count). The zero-order chi connectivity index (χ0) is 16.2. The van der Waals surface area contributed by atoms with Crippen molar-refractivity contribution in [1.29, 1.82) is 0 Å². The van der Waals surface area contributed by atoms with E-state index < -0.39 is 0 Å². The third-order valence-electron chi connectivity index (χ3n) is 5.38. The van der Waals surface area contributed by atoms with E-state index in [1.807, 2.05) is 37.3 Å². The largest absolute Gasteiger partial charge is 0.493 e. The zero-order valence-corrected chi connectivity index (χ0v) is 15.1. The van der Waals surface area contributed by atoms with Gasteiger partial charge in [-0.05, 0) is 49.7 Å². The van der Waals surface area contributed by atoms with E-state index in [9.17, 15) is 4.79 Å². The van der Waals surface area contributed by atoms with Crippen LogP contribution in [0.15, 0.2) is 30.3 Å². The van der Waals surface area contributed by atoms with Gasteiger partial charge in [0.1, 0.15) is 5.75 Å². The first kappa shape index (κ1) is 19.1. The van der Waals surface area contributed by atoms with E-state index in [-0.39, 0.29) is 24.2 Å². The molecule has 0 aliphatic heterocycles. The SMILES string of the molecule is CC(COc1ccccc1)C(=O)NC1C2CCCC1CC(N)C2.Cl. The van der Waals surface area contributed by atoms with Crippen LogP contribution >= 0.6 is 12.4 Å². The van der Waals surface area contributed by atoms with Crippen LogP contribution in [0.25, 0.3) is 0 Å². The predicted octanol–water partition coefficient (Wildman–Crippen LogP) is 3.15. The van der Waals surface area contributed by atoms with Crippen molar-refractivity contribution < 1.29 is 9.53 Å². The molecular formula is C19H29ClN2O2. The van der Waals surface area contributed by atoms with Crippen LogP contribution < -0.4 is 15.8 Å². The number of benzene rings is 1. The van der Waals surface area contributed by atoms with E-state index >= 15 is 0 Å². The van der Waals surface area contributed by atoms with Crippen molar-refractivity contribution in [3.63, 3.8) is 0 Å². The Labute approximate surface area is 150 Å². The molecule has 2 bridgehead atoms. The van der Waals surface area contributed by atoms with Gasteiger partial charge < -0.3 is 15.8 Å². The summed E-state index contributed by atoms with van der Waals surface area (Å²) in [6.45, 7) is 2.35. The second-order valence-electron chi connectivity index (χ2n) is 7.24. The molecule has 3 atom stereocenters. The normalized spacial score (nSPS) is 29.9. The number of hydrogen-bond acceptors (Lipinski definition) is 3. The molecule has 3 unspecified atom stereocenters. The fourth-order valence-corrected chi connectivity index (χ4v) is 4.14. The summed E-state index contributed by atoms with van der Waals surface area (Å²) >= 11 is 0. The lowest BCUT2D eigenvalue weighted by atomic mass is 9.67. The lowest BCUT2D eigenvalue weighted by molar-refractivity contribution is -0.127. The topological polar surface area (TPSA) is 64.3 Å². The van der Waals surface area contributed by atoms with Crippen molar-refractivity contribution in [2.24, 2.45) is 23.5 Å². The first-order chi connectivity index (χ1) is 11.1.